The number of hydrogen-bond acceptors (Lipinski definition) is 3. The fourth-order valence-corrected chi connectivity index (χ4v) is 2.38. The van der Waals surface area contributed by atoms with Crippen LogP contribution >= 0.6 is 0 Å². The number of carbonyl (C=O) groups is 1. The molecule has 1 amide bonds. The Labute approximate surface area is 128 Å². The molecule has 0 aliphatic heterocycles. The average molecular weight is 289 g/mol. The zero-order valence-electron chi connectivity index (χ0n) is 13.8. The van der Waals surface area contributed by atoms with Crippen LogP contribution in [0.4, 0.5) is 5.69 Å². The number of nitrogens with zero attached hydrogens (tertiary/aromatic N) is 1. The molecule has 21 heavy (non-hydrogen) atoms. The summed E-state index contributed by atoms with van der Waals surface area (Å²) in [6.45, 7) is 10.6. The average Bonchev–Trinajstić information content (AvgIpc) is 2.42. The van der Waals surface area contributed by atoms with Gasteiger partial charge in [0.25, 0.3) is 5.91 Å². The van der Waals surface area contributed by atoms with E-state index in [1.54, 1.807) is 0 Å². The van der Waals surface area contributed by atoms with Gasteiger partial charge in [0.05, 0.1) is 6.54 Å². The van der Waals surface area contributed by atoms with Crippen molar-refractivity contribution in [3.05, 3.63) is 28.8 Å². The lowest BCUT2D eigenvalue weighted by molar-refractivity contribution is -0.119. The minimum Gasteiger partial charge on any atom is -0.376 e. The lowest BCUT2D eigenvalue weighted by Gasteiger charge is -2.13. The number of amides is 1. The zero-order chi connectivity index (χ0) is 15.8. The maximum Gasteiger partial charge on any atom is 0.259 e. The highest BCUT2D eigenvalue weighted by molar-refractivity contribution is 5.82. The summed E-state index contributed by atoms with van der Waals surface area (Å²) in [5.41, 5.74) is 7.14. The van der Waals surface area contributed by atoms with Crippen molar-refractivity contribution in [1.29, 1.82) is 0 Å². The predicted molar refractivity (Wildman–Crippen MR) is 89.8 cm³/mol. The number of anilines is 1. The molecule has 0 heterocycles. The minimum absolute atomic E-state index is 0.128. The molecule has 0 aliphatic carbocycles. The van der Waals surface area contributed by atoms with Crippen LogP contribution in [0.2, 0.25) is 0 Å². The summed E-state index contributed by atoms with van der Waals surface area (Å²) in [5, 5.41) is 7.21. The van der Waals surface area contributed by atoms with E-state index >= 15 is 0 Å². The van der Waals surface area contributed by atoms with Crippen molar-refractivity contribution in [1.82, 2.24) is 5.43 Å². The Morgan fingerprint density at radius 3 is 2.29 bits per heavy atom. The summed E-state index contributed by atoms with van der Waals surface area (Å²) in [7, 11) is 0. The van der Waals surface area contributed by atoms with E-state index in [0.29, 0.717) is 5.92 Å². The first-order chi connectivity index (χ1) is 9.97. The first-order valence-electron chi connectivity index (χ1n) is 7.61. The number of carbonyl (C=O) groups excluding carboxylic acids is 1. The van der Waals surface area contributed by atoms with Crippen LogP contribution in [0.1, 0.15) is 43.4 Å². The van der Waals surface area contributed by atoms with Crippen LogP contribution in [-0.2, 0) is 4.79 Å². The van der Waals surface area contributed by atoms with Crippen molar-refractivity contribution in [2.75, 3.05) is 11.9 Å². The number of rotatable bonds is 7. The maximum atomic E-state index is 11.8. The highest BCUT2D eigenvalue weighted by Gasteiger charge is 2.06. The highest BCUT2D eigenvalue weighted by atomic mass is 16.2. The first-order valence-corrected chi connectivity index (χ1v) is 7.61. The van der Waals surface area contributed by atoms with Gasteiger partial charge in [-0.2, -0.15) is 5.10 Å². The minimum atomic E-state index is -0.128. The van der Waals surface area contributed by atoms with Crippen LogP contribution in [0, 0.1) is 26.7 Å². The van der Waals surface area contributed by atoms with E-state index < -0.39 is 0 Å². The van der Waals surface area contributed by atoms with E-state index in [9.17, 15) is 4.79 Å². The summed E-state index contributed by atoms with van der Waals surface area (Å²) in [6, 6.07) is 4.22. The monoisotopic (exact) mass is 289 g/mol. The molecule has 1 rings (SSSR count). The Morgan fingerprint density at radius 2 is 1.76 bits per heavy atom. The Bertz CT molecular complexity index is 482. The van der Waals surface area contributed by atoms with E-state index in [-0.39, 0.29) is 12.5 Å². The van der Waals surface area contributed by atoms with E-state index in [1.165, 1.54) is 5.56 Å². The van der Waals surface area contributed by atoms with Crippen LogP contribution in [-0.4, -0.2) is 18.7 Å². The first kappa shape index (κ1) is 17.2. The van der Waals surface area contributed by atoms with Crippen molar-refractivity contribution < 1.29 is 4.79 Å². The molecule has 0 saturated carbocycles. The number of nitrogens with one attached hydrogen (secondary N) is 2. The molecular weight excluding hydrogens is 262 g/mol. The number of hydrogen-bond donors (Lipinski definition) is 2. The third kappa shape index (κ3) is 5.58. The summed E-state index contributed by atoms with van der Waals surface area (Å²) in [4.78, 5) is 11.8. The Morgan fingerprint density at radius 1 is 1.19 bits per heavy atom. The van der Waals surface area contributed by atoms with E-state index in [0.717, 1.165) is 29.7 Å². The largest absolute Gasteiger partial charge is 0.376 e. The van der Waals surface area contributed by atoms with Crippen LogP contribution in [0.25, 0.3) is 0 Å². The van der Waals surface area contributed by atoms with Crippen molar-refractivity contribution in [2.24, 2.45) is 11.0 Å². The van der Waals surface area contributed by atoms with Crippen molar-refractivity contribution in [3.63, 3.8) is 0 Å². The van der Waals surface area contributed by atoms with Gasteiger partial charge in [0.1, 0.15) is 0 Å². The van der Waals surface area contributed by atoms with E-state index in [2.05, 4.69) is 48.7 Å². The molecule has 2 N–H and O–H groups in total. The third-order valence-corrected chi connectivity index (χ3v) is 3.63. The molecule has 0 unspecified atom stereocenters. The SMILES string of the molecule is CCC(/C=N\NC(=O)CNc1c(C)cc(C)cc1C)CC. The molecule has 0 saturated heterocycles. The van der Waals surface area contributed by atoms with Crippen LogP contribution in [0.3, 0.4) is 0 Å². The van der Waals surface area contributed by atoms with Gasteiger partial charge >= 0.3 is 0 Å². The normalized spacial score (nSPS) is 11.1. The smallest absolute Gasteiger partial charge is 0.259 e. The zero-order valence-corrected chi connectivity index (χ0v) is 13.8. The second-order valence-corrected chi connectivity index (χ2v) is 5.52. The summed E-state index contributed by atoms with van der Waals surface area (Å²) >= 11 is 0. The Balaban J connectivity index is 2.51. The second-order valence-electron chi connectivity index (χ2n) is 5.52. The van der Waals surface area contributed by atoms with Gasteiger partial charge in [-0.05, 0) is 50.7 Å². The van der Waals surface area contributed by atoms with Crippen LogP contribution < -0.4 is 10.7 Å². The third-order valence-electron chi connectivity index (χ3n) is 3.63. The van der Waals surface area contributed by atoms with E-state index in [1.807, 2.05) is 20.1 Å². The van der Waals surface area contributed by atoms with Crippen LogP contribution in [0.15, 0.2) is 17.2 Å². The lowest BCUT2D eigenvalue weighted by Crippen LogP contribution is -2.26. The number of hydrazone groups is 1. The molecule has 4 nitrogen and oxygen atoms in total. The van der Waals surface area contributed by atoms with E-state index in [4.69, 9.17) is 0 Å². The highest BCUT2D eigenvalue weighted by Crippen LogP contribution is 2.21. The predicted octanol–water partition coefficient (Wildman–Crippen LogP) is 3.56. The fourth-order valence-electron chi connectivity index (χ4n) is 2.38. The maximum absolute atomic E-state index is 11.8. The molecule has 0 aromatic heterocycles. The number of aryl methyl sites for hydroxylation is 3. The number of benzene rings is 1. The second kappa shape index (κ2) is 8.45. The van der Waals surface area contributed by atoms with Gasteiger partial charge < -0.3 is 5.32 Å². The molecule has 0 fully saturated rings. The molecule has 0 radical (unpaired) electrons. The van der Waals surface area contributed by atoms with Crippen molar-refractivity contribution in [2.45, 2.75) is 47.5 Å². The molecule has 1 aromatic carbocycles. The summed E-state index contributed by atoms with van der Waals surface area (Å²) in [6.07, 6.45) is 3.89. The molecule has 0 spiro atoms. The molecule has 116 valence electrons. The van der Waals surface area contributed by atoms with Gasteiger partial charge in [-0.3, -0.25) is 4.79 Å². The van der Waals surface area contributed by atoms with Gasteiger partial charge in [0.15, 0.2) is 0 Å². The standard InChI is InChI=1S/C17H27N3O/c1-6-15(7-2)10-19-20-16(21)11-18-17-13(4)8-12(3)9-14(17)5/h8-10,15,18H,6-7,11H2,1-5H3,(H,20,21)/b19-10-. The Kier molecular flexibility index (Phi) is 6.92. The summed E-state index contributed by atoms with van der Waals surface area (Å²) in [5.74, 6) is 0.302. The quantitative estimate of drug-likeness (QED) is 0.595. The molecule has 0 atom stereocenters. The van der Waals surface area contributed by atoms with Gasteiger partial charge in [-0.15, -0.1) is 0 Å². The van der Waals surface area contributed by atoms with Gasteiger partial charge in [-0.25, -0.2) is 5.43 Å². The van der Waals surface area contributed by atoms with Gasteiger partial charge in [0.2, 0.25) is 0 Å². The van der Waals surface area contributed by atoms with Gasteiger partial charge in [-0.1, -0.05) is 31.5 Å². The molecule has 0 aliphatic rings. The molecular formula is C17H27N3O. The van der Waals surface area contributed by atoms with Crippen molar-refractivity contribution in [3.8, 4) is 0 Å². The van der Waals surface area contributed by atoms with Crippen molar-refractivity contribution >= 4 is 17.8 Å². The molecule has 0 bridgehead atoms. The fraction of sp³-hybridized carbons (Fsp3) is 0.529. The lowest BCUT2D eigenvalue weighted by atomic mass is 10.1. The topological polar surface area (TPSA) is 53.5 Å². The van der Waals surface area contributed by atoms with Gasteiger partial charge in [0, 0.05) is 11.9 Å². The molecule has 4 heteroatoms. The Hall–Kier alpha value is -1.84. The van der Waals surface area contributed by atoms with Crippen LogP contribution in [0.5, 0.6) is 0 Å². The molecule has 1 aromatic rings. The summed E-state index contributed by atoms with van der Waals surface area (Å²) < 4.78 is 0.